The number of carbonyl (C=O) groups excluding carboxylic acids is 1. The molecule has 0 spiro atoms. The molecule has 21 heavy (non-hydrogen) atoms. The topological polar surface area (TPSA) is 55.6 Å². The van der Waals surface area contributed by atoms with Crippen molar-refractivity contribution in [3.05, 3.63) is 35.9 Å². The lowest BCUT2D eigenvalue weighted by Gasteiger charge is -2.31. The predicted molar refractivity (Wildman–Crippen MR) is 89.3 cm³/mol. The monoisotopic (exact) mass is 308 g/mol. The Balaban J connectivity index is 3.04. The van der Waals surface area contributed by atoms with Gasteiger partial charge in [-0.05, 0) is 18.9 Å². The molecular formula is C16H24N2O2S. The molecule has 1 rings (SSSR count). The van der Waals surface area contributed by atoms with Crippen molar-refractivity contribution in [2.45, 2.75) is 32.2 Å². The van der Waals surface area contributed by atoms with E-state index in [0.717, 1.165) is 12.0 Å². The third-order valence-corrected chi connectivity index (χ3v) is 3.84. The van der Waals surface area contributed by atoms with E-state index in [4.69, 9.17) is 22.7 Å². The maximum absolute atomic E-state index is 12.9. The average Bonchev–Trinajstić information content (AvgIpc) is 2.48. The van der Waals surface area contributed by atoms with Crippen LogP contribution in [0.3, 0.4) is 0 Å². The summed E-state index contributed by atoms with van der Waals surface area (Å²) in [6.45, 7) is 5.11. The molecule has 4 nitrogen and oxygen atoms in total. The van der Waals surface area contributed by atoms with E-state index in [1.807, 2.05) is 37.3 Å². The van der Waals surface area contributed by atoms with Gasteiger partial charge in [0, 0.05) is 19.7 Å². The number of amides is 1. The van der Waals surface area contributed by atoms with Gasteiger partial charge in [-0.15, -0.1) is 0 Å². The van der Waals surface area contributed by atoms with Crippen molar-refractivity contribution < 1.29 is 9.53 Å². The van der Waals surface area contributed by atoms with E-state index < -0.39 is 5.92 Å². The van der Waals surface area contributed by atoms with Crippen molar-refractivity contribution >= 4 is 23.1 Å². The molecule has 1 aromatic carbocycles. The SMILES string of the molecule is CCC(C)N(CCOC)C(=O)C(C(N)=S)c1ccccc1. The lowest BCUT2D eigenvalue weighted by atomic mass is 9.96. The van der Waals surface area contributed by atoms with Crippen molar-refractivity contribution in [3.8, 4) is 0 Å². The number of nitrogens with two attached hydrogens (primary N) is 1. The quantitative estimate of drug-likeness (QED) is 0.749. The molecule has 1 amide bonds. The van der Waals surface area contributed by atoms with Gasteiger partial charge in [-0.25, -0.2) is 0 Å². The smallest absolute Gasteiger partial charge is 0.237 e. The summed E-state index contributed by atoms with van der Waals surface area (Å²) in [4.78, 5) is 14.9. The molecule has 0 fully saturated rings. The van der Waals surface area contributed by atoms with Gasteiger partial charge in [-0.2, -0.15) is 0 Å². The van der Waals surface area contributed by atoms with Crippen molar-refractivity contribution in [3.63, 3.8) is 0 Å². The Morgan fingerprint density at radius 1 is 1.38 bits per heavy atom. The van der Waals surface area contributed by atoms with Crippen LogP contribution in [-0.2, 0) is 9.53 Å². The van der Waals surface area contributed by atoms with Crippen LogP contribution >= 0.6 is 12.2 Å². The van der Waals surface area contributed by atoms with Gasteiger partial charge in [0.15, 0.2) is 0 Å². The standard InChI is InChI=1S/C16H24N2O2S/c1-4-12(2)18(10-11-20-3)16(19)14(15(17)21)13-8-6-5-7-9-13/h5-9,12,14H,4,10-11H2,1-3H3,(H2,17,21). The summed E-state index contributed by atoms with van der Waals surface area (Å²) in [7, 11) is 1.63. The minimum absolute atomic E-state index is 0.0555. The van der Waals surface area contributed by atoms with Crippen LogP contribution in [0.1, 0.15) is 31.7 Å². The molecule has 1 aromatic rings. The summed E-state index contributed by atoms with van der Waals surface area (Å²) in [6.07, 6.45) is 0.869. The summed E-state index contributed by atoms with van der Waals surface area (Å²) in [6, 6.07) is 9.56. The summed E-state index contributed by atoms with van der Waals surface area (Å²) in [5.41, 5.74) is 6.66. The highest BCUT2D eigenvalue weighted by atomic mass is 32.1. The first-order chi connectivity index (χ1) is 10.0. The van der Waals surface area contributed by atoms with Crippen LogP contribution < -0.4 is 5.73 Å². The fraction of sp³-hybridized carbons (Fsp3) is 0.500. The number of carbonyl (C=O) groups is 1. The van der Waals surface area contributed by atoms with Gasteiger partial charge in [0.25, 0.3) is 0 Å². The fourth-order valence-corrected chi connectivity index (χ4v) is 2.43. The Kier molecular flexibility index (Phi) is 7.32. The van der Waals surface area contributed by atoms with Gasteiger partial charge >= 0.3 is 0 Å². The van der Waals surface area contributed by atoms with Crippen molar-refractivity contribution in [2.24, 2.45) is 5.73 Å². The maximum Gasteiger partial charge on any atom is 0.237 e. The molecule has 2 unspecified atom stereocenters. The first-order valence-corrected chi connectivity index (χ1v) is 7.57. The molecule has 0 heterocycles. The van der Waals surface area contributed by atoms with Crippen LogP contribution in [0.2, 0.25) is 0 Å². The molecule has 5 heteroatoms. The van der Waals surface area contributed by atoms with E-state index in [9.17, 15) is 4.79 Å². The van der Waals surface area contributed by atoms with E-state index >= 15 is 0 Å². The minimum Gasteiger partial charge on any atom is -0.392 e. The van der Waals surface area contributed by atoms with Crippen LogP contribution in [0.15, 0.2) is 30.3 Å². The first kappa shape index (κ1) is 17.6. The molecule has 0 radical (unpaired) electrons. The molecule has 0 aromatic heterocycles. The highest BCUT2D eigenvalue weighted by Gasteiger charge is 2.30. The van der Waals surface area contributed by atoms with Crippen LogP contribution in [0, 0.1) is 0 Å². The van der Waals surface area contributed by atoms with Crippen molar-refractivity contribution in [1.82, 2.24) is 4.90 Å². The van der Waals surface area contributed by atoms with Crippen LogP contribution in [0.25, 0.3) is 0 Å². The van der Waals surface area contributed by atoms with E-state index in [1.165, 1.54) is 0 Å². The highest BCUT2D eigenvalue weighted by molar-refractivity contribution is 7.80. The zero-order valence-corrected chi connectivity index (χ0v) is 13.7. The normalized spacial score (nSPS) is 13.5. The molecule has 0 saturated carbocycles. The van der Waals surface area contributed by atoms with Gasteiger partial charge in [-0.1, -0.05) is 49.5 Å². The molecule has 116 valence electrons. The van der Waals surface area contributed by atoms with E-state index in [0.29, 0.717) is 13.2 Å². The maximum atomic E-state index is 12.9. The summed E-state index contributed by atoms with van der Waals surface area (Å²) in [5, 5.41) is 0. The zero-order chi connectivity index (χ0) is 15.8. The molecular weight excluding hydrogens is 284 g/mol. The highest BCUT2D eigenvalue weighted by Crippen LogP contribution is 2.21. The summed E-state index contributed by atoms with van der Waals surface area (Å²) < 4.78 is 5.11. The molecule has 2 atom stereocenters. The van der Waals surface area contributed by atoms with E-state index in [-0.39, 0.29) is 16.9 Å². The Bertz CT molecular complexity index is 465. The van der Waals surface area contributed by atoms with Gasteiger partial charge in [0.1, 0.15) is 5.92 Å². The second-order valence-corrected chi connectivity index (χ2v) is 5.50. The number of hydrogen-bond donors (Lipinski definition) is 1. The molecule has 0 saturated heterocycles. The molecule has 0 aliphatic heterocycles. The minimum atomic E-state index is -0.577. The van der Waals surface area contributed by atoms with Crippen LogP contribution in [0.5, 0.6) is 0 Å². The lowest BCUT2D eigenvalue weighted by molar-refractivity contribution is -0.134. The van der Waals surface area contributed by atoms with Gasteiger partial charge in [0.2, 0.25) is 5.91 Å². The van der Waals surface area contributed by atoms with Gasteiger partial charge in [-0.3, -0.25) is 4.79 Å². The average molecular weight is 308 g/mol. The molecule has 0 aliphatic rings. The third-order valence-electron chi connectivity index (χ3n) is 3.61. The van der Waals surface area contributed by atoms with Crippen molar-refractivity contribution in [2.75, 3.05) is 20.3 Å². The fourth-order valence-electron chi connectivity index (χ4n) is 2.20. The second kappa shape index (κ2) is 8.74. The Morgan fingerprint density at radius 3 is 2.48 bits per heavy atom. The second-order valence-electron chi connectivity index (χ2n) is 5.03. The Morgan fingerprint density at radius 2 is 2.00 bits per heavy atom. The lowest BCUT2D eigenvalue weighted by Crippen LogP contribution is -2.45. The van der Waals surface area contributed by atoms with Crippen LogP contribution in [-0.4, -0.2) is 42.1 Å². The van der Waals surface area contributed by atoms with Crippen molar-refractivity contribution in [1.29, 1.82) is 0 Å². The molecule has 2 N–H and O–H groups in total. The summed E-state index contributed by atoms with van der Waals surface area (Å²) in [5.74, 6) is -0.632. The third kappa shape index (κ3) is 4.79. The largest absolute Gasteiger partial charge is 0.392 e. The first-order valence-electron chi connectivity index (χ1n) is 7.16. The number of benzene rings is 1. The predicted octanol–water partition coefficient (Wildman–Crippen LogP) is 2.33. The number of thiocarbonyl (C=S) groups is 1. The van der Waals surface area contributed by atoms with Gasteiger partial charge < -0.3 is 15.4 Å². The number of methoxy groups -OCH3 is 1. The summed E-state index contributed by atoms with van der Waals surface area (Å²) >= 11 is 5.13. The Labute approximate surface area is 132 Å². The van der Waals surface area contributed by atoms with Gasteiger partial charge in [0.05, 0.1) is 11.6 Å². The molecule has 0 bridgehead atoms. The number of hydrogen-bond acceptors (Lipinski definition) is 3. The number of nitrogens with zero attached hydrogens (tertiary/aromatic N) is 1. The number of ether oxygens (including phenoxy) is 1. The number of rotatable bonds is 8. The van der Waals surface area contributed by atoms with E-state index in [1.54, 1.807) is 12.0 Å². The Hall–Kier alpha value is -1.46. The van der Waals surface area contributed by atoms with Crippen LogP contribution in [0.4, 0.5) is 0 Å². The zero-order valence-electron chi connectivity index (χ0n) is 12.9. The molecule has 0 aliphatic carbocycles. The van der Waals surface area contributed by atoms with E-state index in [2.05, 4.69) is 6.92 Å².